The van der Waals surface area contributed by atoms with Gasteiger partial charge in [-0.1, -0.05) is 26.3 Å². The Morgan fingerprint density at radius 2 is 2.06 bits per heavy atom. The zero-order chi connectivity index (χ0) is 11.8. The van der Waals surface area contributed by atoms with Crippen molar-refractivity contribution in [1.29, 1.82) is 0 Å². The van der Waals surface area contributed by atoms with Gasteiger partial charge in [-0.3, -0.25) is 0 Å². The van der Waals surface area contributed by atoms with E-state index in [-0.39, 0.29) is 0 Å². The molecule has 0 saturated heterocycles. The van der Waals surface area contributed by atoms with Gasteiger partial charge in [0.25, 0.3) is 0 Å². The van der Waals surface area contributed by atoms with E-state index in [9.17, 15) is 0 Å². The molecule has 0 spiro atoms. The van der Waals surface area contributed by atoms with Gasteiger partial charge in [-0.2, -0.15) is 0 Å². The Kier molecular flexibility index (Phi) is 5.54. The average molecular weight is 222 g/mol. The van der Waals surface area contributed by atoms with Crippen molar-refractivity contribution in [3.63, 3.8) is 0 Å². The third kappa shape index (κ3) is 3.65. The third-order valence-corrected chi connectivity index (χ3v) is 2.37. The Balaban J connectivity index is 2.62. The van der Waals surface area contributed by atoms with Crippen molar-refractivity contribution in [3.05, 3.63) is 18.2 Å². The normalized spacial score (nSPS) is 10.1. The molecule has 0 amide bonds. The first-order valence-corrected chi connectivity index (χ1v) is 6.04. The van der Waals surface area contributed by atoms with Crippen LogP contribution < -0.4 is 15.8 Å². The molecule has 90 valence electrons. The molecule has 0 bridgehead atoms. The van der Waals surface area contributed by atoms with Crippen molar-refractivity contribution in [2.45, 2.75) is 33.1 Å². The first-order valence-electron chi connectivity index (χ1n) is 6.04. The summed E-state index contributed by atoms with van der Waals surface area (Å²) in [5.74, 6) is 0.781. The van der Waals surface area contributed by atoms with E-state index in [1.54, 1.807) is 0 Å². The molecule has 3 heteroatoms. The Hall–Kier alpha value is -1.38. The highest BCUT2D eigenvalue weighted by molar-refractivity contribution is 5.72. The maximum atomic E-state index is 6.02. The molecule has 0 fully saturated rings. The summed E-state index contributed by atoms with van der Waals surface area (Å²) in [6, 6.07) is 5.87. The fraction of sp³-hybridized carbons (Fsp3) is 0.538. The molecule has 1 aromatic rings. The Morgan fingerprint density at radius 1 is 1.25 bits per heavy atom. The van der Waals surface area contributed by atoms with E-state index in [2.05, 4.69) is 19.2 Å². The number of para-hydroxylation sites is 1. The second-order valence-corrected chi connectivity index (χ2v) is 3.85. The number of nitrogens with one attached hydrogen (secondary N) is 1. The van der Waals surface area contributed by atoms with Gasteiger partial charge >= 0.3 is 0 Å². The quantitative estimate of drug-likeness (QED) is 0.550. The molecule has 0 aliphatic heterocycles. The third-order valence-electron chi connectivity index (χ3n) is 2.37. The number of ether oxygens (including phenoxy) is 1. The van der Waals surface area contributed by atoms with Crippen molar-refractivity contribution in [2.75, 3.05) is 24.2 Å². The number of unbranched alkanes of at least 4 members (excludes halogenated alkanes) is 1. The summed E-state index contributed by atoms with van der Waals surface area (Å²) in [6.45, 7) is 5.92. The molecule has 0 heterocycles. The molecule has 1 rings (SSSR count). The standard InChI is InChI=1S/C13H22N2O/c1-3-5-9-15-11-7-6-8-12(13(11)14)16-10-4-2/h6-8,15H,3-5,9-10,14H2,1-2H3. The molecule has 0 radical (unpaired) electrons. The van der Waals surface area contributed by atoms with Crippen molar-refractivity contribution in [3.8, 4) is 5.75 Å². The lowest BCUT2D eigenvalue weighted by molar-refractivity contribution is 0.319. The maximum Gasteiger partial charge on any atom is 0.144 e. The molecular formula is C13H22N2O. The van der Waals surface area contributed by atoms with Crippen LogP contribution in [0.2, 0.25) is 0 Å². The predicted octanol–water partition coefficient (Wildman–Crippen LogP) is 3.27. The molecule has 16 heavy (non-hydrogen) atoms. The lowest BCUT2D eigenvalue weighted by Gasteiger charge is -2.13. The highest BCUT2D eigenvalue weighted by atomic mass is 16.5. The maximum absolute atomic E-state index is 6.02. The number of nitrogens with two attached hydrogens (primary N) is 1. The zero-order valence-electron chi connectivity index (χ0n) is 10.3. The van der Waals surface area contributed by atoms with E-state index in [0.717, 1.165) is 30.8 Å². The van der Waals surface area contributed by atoms with Gasteiger partial charge in [0.1, 0.15) is 5.75 Å². The molecule has 0 aliphatic rings. The predicted molar refractivity (Wildman–Crippen MR) is 70.0 cm³/mol. The van der Waals surface area contributed by atoms with E-state index in [0.29, 0.717) is 12.3 Å². The van der Waals surface area contributed by atoms with Crippen molar-refractivity contribution in [2.24, 2.45) is 0 Å². The first-order chi connectivity index (χ1) is 7.79. The Labute approximate surface area is 98.0 Å². The minimum absolute atomic E-state index is 0.711. The fourth-order valence-electron chi connectivity index (χ4n) is 1.44. The number of hydrogen-bond acceptors (Lipinski definition) is 3. The number of rotatable bonds is 7. The molecule has 3 nitrogen and oxygen atoms in total. The molecule has 0 saturated carbocycles. The van der Waals surface area contributed by atoms with Gasteiger partial charge in [-0.25, -0.2) is 0 Å². The fourth-order valence-corrected chi connectivity index (χ4v) is 1.44. The van der Waals surface area contributed by atoms with E-state index in [4.69, 9.17) is 10.5 Å². The number of benzene rings is 1. The lowest BCUT2D eigenvalue weighted by atomic mass is 10.2. The highest BCUT2D eigenvalue weighted by Gasteiger charge is 2.04. The molecule has 0 atom stereocenters. The lowest BCUT2D eigenvalue weighted by Crippen LogP contribution is -2.06. The van der Waals surface area contributed by atoms with E-state index in [1.807, 2.05) is 18.2 Å². The van der Waals surface area contributed by atoms with Crippen molar-refractivity contribution in [1.82, 2.24) is 0 Å². The van der Waals surface area contributed by atoms with Crippen LogP contribution in [0.1, 0.15) is 33.1 Å². The van der Waals surface area contributed by atoms with Gasteiger partial charge in [-0.15, -0.1) is 0 Å². The Bertz CT molecular complexity index is 313. The number of hydrogen-bond donors (Lipinski definition) is 2. The smallest absolute Gasteiger partial charge is 0.144 e. The second-order valence-electron chi connectivity index (χ2n) is 3.85. The van der Waals surface area contributed by atoms with Crippen LogP contribution in [0.4, 0.5) is 11.4 Å². The second kappa shape index (κ2) is 6.99. The molecule has 0 aliphatic carbocycles. The minimum Gasteiger partial charge on any atom is -0.491 e. The summed E-state index contributed by atoms with van der Waals surface area (Å²) in [4.78, 5) is 0. The monoisotopic (exact) mass is 222 g/mol. The van der Waals surface area contributed by atoms with Crippen LogP contribution >= 0.6 is 0 Å². The largest absolute Gasteiger partial charge is 0.491 e. The first kappa shape index (κ1) is 12.7. The topological polar surface area (TPSA) is 47.3 Å². The Morgan fingerprint density at radius 3 is 2.75 bits per heavy atom. The summed E-state index contributed by atoms with van der Waals surface area (Å²) in [7, 11) is 0. The van der Waals surface area contributed by atoms with Crippen LogP contribution in [-0.4, -0.2) is 13.2 Å². The average Bonchev–Trinajstić information content (AvgIpc) is 2.30. The van der Waals surface area contributed by atoms with Crippen LogP contribution in [0.5, 0.6) is 5.75 Å². The van der Waals surface area contributed by atoms with E-state index in [1.165, 1.54) is 6.42 Å². The van der Waals surface area contributed by atoms with Gasteiger partial charge in [0.15, 0.2) is 0 Å². The van der Waals surface area contributed by atoms with E-state index < -0.39 is 0 Å². The molecule has 0 aromatic heterocycles. The van der Waals surface area contributed by atoms with E-state index >= 15 is 0 Å². The summed E-state index contributed by atoms with van der Waals surface area (Å²) < 4.78 is 5.57. The van der Waals surface area contributed by atoms with Crippen LogP contribution in [0.25, 0.3) is 0 Å². The van der Waals surface area contributed by atoms with Crippen LogP contribution in [0.3, 0.4) is 0 Å². The van der Waals surface area contributed by atoms with Gasteiger partial charge < -0.3 is 15.8 Å². The molecular weight excluding hydrogens is 200 g/mol. The van der Waals surface area contributed by atoms with Crippen molar-refractivity contribution < 1.29 is 4.74 Å². The molecule has 1 aromatic carbocycles. The molecule has 3 N–H and O–H groups in total. The summed E-state index contributed by atoms with van der Waals surface area (Å²) in [6.07, 6.45) is 3.32. The van der Waals surface area contributed by atoms with Crippen molar-refractivity contribution >= 4 is 11.4 Å². The van der Waals surface area contributed by atoms with Crippen LogP contribution in [0.15, 0.2) is 18.2 Å². The minimum atomic E-state index is 0.711. The number of nitrogen functional groups attached to an aromatic ring is 1. The van der Waals surface area contributed by atoms with Gasteiger partial charge in [0.2, 0.25) is 0 Å². The highest BCUT2D eigenvalue weighted by Crippen LogP contribution is 2.29. The zero-order valence-corrected chi connectivity index (χ0v) is 10.3. The summed E-state index contributed by atoms with van der Waals surface area (Å²) >= 11 is 0. The van der Waals surface area contributed by atoms with Crippen LogP contribution in [0, 0.1) is 0 Å². The van der Waals surface area contributed by atoms with Gasteiger partial charge in [-0.05, 0) is 25.0 Å². The number of anilines is 2. The summed E-state index contributed by atoms with van der Waals surface area (Å²) in [5, 5.41) is 3.33. The SMILES string of the molecule is CCCCNc1cccc(OCCC)c1N. The van der Waals surface area contributed by atoms with Crippen LogP contribution in [-0.2, 0) is 0 Å². The summed E-state index contributed by atoms with van der Waals surface area (Å²) in [5.41, 5.74) is 7.71. The van der Waals surface area contributed by atoms with Gasteiger partial charge in [0.05, 0.1) is 18.0 Å². The molecule has 0 unspecified atom stereocenters. The van der Waals surface area contributed by atoms with Gasteiger partial charge in [0, 0.05) is 6.54 Å².